The molecule has 0 amide bonds. The number of benzene rings is 11. The zero-order valence-electron chi connectivity index (χ0n) is 43.5. The fourth-order valence-corrected chi connectivity index (χ4v) is 12.2. The van der Waals surface area contributed by atoms with E-state index >= 15 is 0 Å². The van der Waals surface area contributed by atoms with Crippen LogP contribution in [0.3, 0.4) is 0 Å². The van der Waals surface area contributed by atoms with E-state index < -0.39 is 5.41 Å². The van der Waals surface area contributed by atoms with E-state index in [0.29, 0.717) is 0 Å². The lowest BCUT2D eigenvalue weighted by molar-refractivity contribution is 0.569. The van der Waals surface area contributed by atoms with Gasteiger partial charge in [-0.25, -0.2) is 0 Å². The van der Waals surface area contributed by atoms with Gasteiger partial charge in [-0.1, -0.05) is 254 Å². The van der Waals surface area contributed by atoms with Gasteiger partial charge in [0, 0.05) is 27.6 Å². The third-order valence-corrected chi connectivity index (χ3v) is 15.8. The molecule has 0 bridgehead atoms. The second-order valence-corrected chi connectivity index (χ2v) is 22.4. The van der Waals surface area contributed by atoms with Gasteiger partial charge in [0.2, 0.25) is 0 Å². The molecule has 0 saturated carbocycles. The van der Waals surface area contributed by atoms with E-state index in [1.54, 1.807) is 0 Å². The highest BCUT2D eigenvalue weighted by atomic mass is 16.3. The minimum Gasteiger partial charge on any atom is -0.456 e. The molecule has 0 saturated heterocycles. The van der Waals surface area contributed by atoms with Gasteiger partial charge in [0.1, 0.15) is 11.2 Å². The Hall–Kier alpha value is -8.72. The molecule has 2 heteroatoms. The Kier molecular flexibility index (Phi) is 10.9. The van der Waals surface area contributed by atoms with Gasteiger partial charge in [0.25, 0.3) is 0 Å². The second kappa shape index (κ2) is 17.7. The van der Waals surface area contributed by atoms with Gasteiger partial charge in [0.05, 0.1) is 16.8 Å². The van der Waals surface area contributed by atoms with Crippen molar-refractivity contribution in [3.8, 4) is 44.5 Å². The Bertz CT molecular complexity index is 4070. The second-order valence-electron chi connectivity index (χ2n) is 22.4. The molecule has 0 fully saturated rings. The summed E-state index contributed by atoms with van der Waals surface area (Å²) in [6.45, 7) is 14.0. The number of hydrogen-bond donors (Lipinski definition) is 0. The highest BCUT2D eigenvalue weighted by Gasteiger charge is 2.47. The van der Waals surface area contributed by atoms with Gasteiger partial charge in [-0.05, 0) is 125 Å². The minimum absolute atomic E-state index is 0.0333. The first-order chi connectivity index (χ1) is 36.5. The van der Waals surface area contributed by atoms with E-state index in [1.807, 2.05) is 6.07 Å². The number of para-hydroxylation sites is 2. The Morgan fingerprint density at radius 1 is 0.360 bits per heavy atom. The Morgan fingerprint density at radius 3 is 1.59 bits per heavy atom. The monoisotopic (exact) mass is 965 g/mol. The first kappa shape index (κ1) is 46.1. The van der Waals surface area contributed by atoms with E-state index in [1.165, 1.54) is 72.0 Å². The van der Waals surface area contributed by atoms with Crippen molar-refractivity contribution in [2.24, 2.45) is 0 Å². The molecule has 0 radical (unpaired) electrons. The van der Waals surface area contributed by atoms with E-state index in [9.17, 15) is 0 Å². The van der Waals surface area contributed by atoms with E-state index in [4.69, 9.17) is 4.42 Å². The Labute approximate surface area is 441 Å². The van der Waals surface area contributed by atoms with Crippen molar-refractivity contribution < 1.29 is 4.42 Å². The van der Waals surface area contributed by atoms with Gasteiger partial charge < -0.3 is 9.32 Å². The molecule has 2 nitrogen and oxygen atoms in total. The molecule has 0 spiro atoms. The first-order valence-corrected chi connectivity index (χ1v) is 26.4. The summed E-state index contributed by atoms with van der Waals surface area (Å²) < 4.78 is 6.48. The summed E-state index contributed by atoms with van der Waals surface area (Å²) in [5.41, 5.74) is 21.6. The van der Waals surface area contributed by atoms with Crippen LogP contribution in [0.2, 0.25) is 0 Å². The van der Waals surface area contributed by atoms with E-state index in [2.05, 4.69) is 289 Å². The van der Waals surface area contributed by atoms with Crippen molar-refractivity contribution in [2.75, 3.05) is 4.90 Å². The molecule has 1 aliphatic carbocycles. The van der Waals surface area contributed by atoms with Gasteiger partial charge in [-0.15, -0.1) is 0 Å². The van der Waals surface area contributed by atoms with Crippen LogP contribution in [-0.2, 0) is 16.2 Å². The summed E-state index contributed by atoms with van der Waals surface area (Å²) in [4.78, 5) is 2.55. The molecule has 12 aromatic rings. The number of anilines is 3. The van der Waals surface area contributed by atoms with Crippen LogP contribution in [-0.4, -0.2) is 0 Å². The van der Waals surface area contributed by atoms with E-state index in [0.717, 1.165) is 55.7 Å². The number of rotatable bonds is 8. The zero-order valence-corrected chi connectivity index (χ0v) is 43.5. The highest BCUT2D eigenvalue weighted by Crippen LogP contribution is 2.60. The molecule has 0 atom stereocenters. The third kappa shape index (κ3) is 7.53. The van der Waals surface area contributed by atoms with Crippen molar-refractivity contribution in [3.63, 3.8) is 0 Å². The minimum atomic E-state index is -0.576. The van der Waals surface area contributed by atoms with Crippen molar-refractivity contribution in [3.05, 3.63) is 282 Å². The van der Waals surface area contributed by atoms with Crippen LogP contribution in [0, 0.1) is 0 Å². The van der Waals surface area contributed by atoms with Crippen LogP contribution < -0.4 is 4.90 Å². The number of hydrogen-bond acceptors (Lipinski definition) is 2. The lowest BCUT2D eigenvalue weighted by Crippen LogP contribution is -2.28. The molecule has 0 aliphatic heterocycles. The highest BCUT2D eigenvalue weighted by molar-refractivity contribution is 6.13. The zero-order chi connectivity index (χ0) is 51.1. The quantitative estimate of drug-likeness (QED) is 0.151. The van der Waals surface area contributed by atoms with Crippen LogP contribution in [0.25, 0.3) is 77.2 Å². The molecule has 0 unspecified atom stereocenters. The van der Waals surface area contributed by atoms with E-state index in [-0.39, 0.29) is 10.8 Å². The van der Waals surface area contributed by atoms with Crippen molar-refractivity contribution >= 4 is 49.8 Å². The maximum absolute atomic E-state index is 6.48. The summed E-state index contributed by atoms with van der Waals surface area (Å²) in [7, 11) is 0. The summed E-state index contributed by atoms with van der Waals surface area (Å²) in [5, 5.41) is 4.68. The number of fused-ring (bicyclic) bond motifs is 7. The molecule has 13 rings (SSSR count). The van der Waals surface area contributed by atoms with Crippen LogP contribution in [0.1, 0.15) is 74.9 Å². The standard InChI is InChI=1S/C73H59NO/c1-71(2,3)53-44-50(45-54(47-53)72(4,5)6)57-35-20-24-48-25-21-37-59(68(48)57)58-32-14-17-40-64(58)74(55-31-19-26-49(46-55)56-36-22-43-67-69(56)61-34-15-18-42-66(61)75-67)65-41-23-39-63-70(65)60-33-13-16-38-62(60)73(63,51-27-9-7-10-28-51)52-29-11-8-12-30-52/h7-47H,1-6H3. The van der Waals surface area contributed by atoms with Crippen LogP contribution in [0.5, 0.6) is 0 Å². The predicted octanol–water partition coefficient (Wildman–Crippen LogP) is 20.2. The average Bonchev–Trinajstić information content (AvgIpc) is 3.98. The Morgan fingerprint density at radius 2 is 0.880 bits per heavy atom. The van der Waals surface area contributed by atoms with Crippen molar-refractivity contribution in [1.82, 2.24) is 0 Å². The summed E-state index contributed by atoms with van der Waals surface area (Å²) in [6, 6.07) is 92.4. The molecule has 1 heterocycles. The summed E-state index contributed by atoms with van der Waals surface area (Å²) in [6.07, 6.45) is 0. The van der Waals surface area contributed by atoms with Crippen molar-refractivity contribution in [2.45, 2.75) is 57.8 Å². The SMILES string of the molecule is CC(C)(C)c1cc(-c2cccc3cccc(-c4ccccc4N(c4cccc(-c5cccc6oc7ccccc7c56)c4)c4cccc5c4-c4ccccc4C5(c4ccccc4)c4ccccc4)c23)cc(C(C)(C)C)c1. The smallest absolute Gasteiger partial charge is 0.136 e. The number of nitrogens with zero attached hydrogens (tertiary/aromatic N) is 1. The fraction of sp³-hybridized carbons (Fsp3) is 0.123. The summed E-state index contributed by atoms with van der Waals surface area (Å²) in [5.74, 6) is 0. The van der Waals surface area contributed by atoms with Crippen LogP contribution in [0.4, 0.5) is 17.1 Å². The number of furan rings is 1. The largest absolute Gasteiger partial charge is 0.456 e. The van der Waals surface area contributed by atoms with Gasteiger partial charge in [0.15, 0.2) is 0 Å². The Balaban J connectivity index is 1.11. The first-order valence-electron chi connectivity index (χ1n) is 26.4. The van der Waals surface area contributed by atoms with Crippen LogP contribution >= 0.6 is 0 Å². The normalized spacial score (nSPS) is 13.0. The molecule has 362 valence electrons. The molecular formula is C73H59NO. The molecule has 0 N–H and O–H groups in total. The molecular weight excluding hydrogens is 907 g/mol. The van der Waals surface area contributed by atoms with Gasteiger partial charge >= 0.3 is 0 Å². The lowest BCUT2D eigenvalue weighted by atomic mass is 9.68. The maximum atomic E-state index is 6.48. The maximum Gasteiger partial charge on any atom is 0.136 e. The van der Waals surface area contributed by atoms with Crippen molar-refractivity contribution in [1.29, 1.82) is 0 Å². The average molecular weight is 966 g/mol. The molecule has 75 heavy (non-hydrogen) atoms. The topological polar surface area (TPSA) is 16.4 Å². The third-order valence-electron chi connectivity index (χ3n) is 15.8. The molecule has 1 aliphatic rings. The van der Waals surface area contributed by atoms with Gasteiger partial charge in [-0.3, -0.25) is 0 Å². The van der Waals surface area contributed by atoms with Crippen LogP contribution in [0.15, 0.2) is 253 Å². The molecule has 11 aromatic carbocycles. The summed E-state index contributed by atoms with van der Waals surface area (Å²) >= 11 is 0. The lowest BCUT2D eigenvalue weighted by Gasteiger charge is -2.34. The molecule has 1 aromatic heterocycles. The fourth-order valence-electron chi connectivity index (χ4n) is 12.2. The predicted molar refractivity (Wildman–Crippen MR) is 317 cm³/mol. The van der Waals surface area contributed by atoms with Gasteiger partial charge in [-0.2, -0.15) is 0 Å².